The van der Waals surface area contributed by atoms with Crippen LogP contribution >= 0.6 is 22.9 Å². The number of likely N-dealkylation sites (tertiary alicyclic amines) is 1. The summed E-state index contributed by atoms with van der Waals surface area (Å²) in [6, 6.07) is 0. The highest BCUT2D eigenvalue weighted by molar-refractivity contribution is 7.16. The highest BCUT2D eigenvalue weighted by atomic mass is 35.5. The lowest BCUT2D eigenvalue weighted by Crippen LogP contribution is -2.23. The summed E-state index contributed by atoms with van der Waals surface area (Å²) in [5.74, 6) is 0.0177. The largest absolute Gasteiger partial charge is 0.392 e. The molecule has 1 aromatic heterocycles. The number of aliphatic hydroxyl groups excluding tert-OH is 1. The van der Waals surface area contributed by atoms with Crippen molar-refractivity contribution in [2.75, 3.05) is 19.6 Å². The highest BCUT2D eigenvalue weighted by Gasteiger charge is 2.20. The molecule has 0 aromatic carbocycles. The van der Waals surface area contributed by atoms with Crippen LogP contribution in [0.1, 0.15) is 34.8 Å². The lowest BCUT2D eigenvalue weighted by atomic mass is 10.2. The number of ketones is 1. The Bertz CT molecular complexity index is 436. The van der Waals surface area contributed by atoms with Crippen molar-refractivity contribution in [1.29, 1.82) is 0 Å². The maximum atomic E-state index is 11.9. The molecule has 1 atom stereocenters. The molecule has 4 nitrogen and oxygen atoms in total. The Morgan fingerprint density at radius 3 is 3.00 bits per heavy atom. The number of β-amino-alcohol motifs (C(OH)–C–C–N with tert-alkyl or cyclic N) is 1. The monoisotopic (exact) mass is 288 g/mol. The van der Waals surface area contributed by atoms with E-state index in [1.807, 2.05) is 6.92 Å². The Balaban J connectivity index is 1.77. The molecule has 1 aliphatic rings. The Labute approximate surface area is 116 Å². The van der Waals surface area contributed by atoms with Gasteiger partial charge in [-0.25, -0.2) is 4.98 Å². The summed E-state index contributed by atoms with van der Waals surface area (Å²) in [7, 11) is 0. The maximum Gasteiger partial charge on any atom is 0.183 e. The van der Waals surface area contributed by atoms with Gasteiger partial charge in [0.2, 0.25) is 0 Å². The van der Waals surface area contributed by atoms with Gasteiger partial charge in [-0.05, 0) is 26.3 Å². The van der Waals surface area contributed by atoms with Gasteiger partial charge in [0.15, 0.2) is 5.78 Å². The second kappa shape index (κ2) is 6.10. The number of halogens is 1. The Morgan fingerprint density at radius 2 is 2.44 bits per heavy atom. The molecule has 0 amide bonds. The summed E-state index contributed by atoms with van der Waals surface area (Å²) in [6.45, 7) is 4.35. The second-order valence-corrected chi connectivity index (χ2v) is 6.43. The molecular formula is C12H17ClN2O2S. The third kappa shape index (κ3) is 3.51. The predicted octanol–water partition coefficient (Wildman–Crippen LogP) is 2.13. The molecule has 0 spiro atoms. The van der Waals surface area contributed by atoms with Crippen LogP contribution in [-0.4, -0.2) is 46.5 Å². The van der Waals surface area contributed by atoms with Crippen LogP contribution < -0.4 is 0 Å². The van der Waals surface area contributed by atoms with Gasteiger partial charge < -0.3 is 10.0 Å². The van der Waals surface area contributed by atoms with Gasteiger partial charge in [0.1, 0.15) is 10.0 Å². The van der Waals surface area contributed by atoms with Gasteiger partial charge in [-0.3, -0.25) is 4.79 Å². The zero-order chi connectivity index (χ0) is 13.1. The summed E-state index contributed by atoms with van der Waals surface area (Å²) < 4.78 is 0.495. The van der Waals surface area contributed by atoms with Crippen molar-refractivity contribution in [1.82, 2.24) is 9.88 Å². The molecule has 1 unspecified atom stereocenters. The van der Waals surface area contributed by atoms with Crippen molar-refractivity contribution in [2.24, 2.45) is 0 Å². The molecule has 6 heteroatoms. The number of hydrogen-bond donors (Lipinski definition) is 1. The molecular weight excluding hydrogens is 272 g/mol. The molecule has 1 saturated heterocycles. The van der Waals surface area contributed by atoms with E-state index in [1.165, 1.54) is 11.3 Å². The predicted molar refractivity (Wildman–Crippen MR) is 72.5 cm³/mol. The summed E-state index contributed by atoms with van der Waals surface area (Å²) >= 11 is 7.30. The number of hydrogen-bond acceptors (Lipinski definition) is 5. The van der Waals surface area contributed by atoms with Crippen LogP contribution in [0.5, 0.6) is 0 Å². The van der Waals surface area contributed by atoms with Gasteiger partial charge in [-0.15, -0.1) is 11.3 Å². The Morgan fingerprint density at radius 1 is 1.67 bits per heavy atom. The first-order chi connectivity index (χ1) is 8.56. The first-order valence-electron chi connectivity index (χ1n) is 6.13. The average molecular weight is 289 g/mol. The summed E-state index contributed by atoms with van der Waals surface area (Å²) in [6.07, 6.45) is 1.90. The van der Waals surface area contributed by atoms with E-state index in [0.29, 0.717) is 16.5 Å². The number of Topliss-reactive ketones (excluding diaryl/α,β-unsaturated/α-hetero) is 1. The Hall–Kier alpha value is -0.490. The second-order valence-electron chi connectivity index (χ2n) is 4.63. The fraction of sp³-hybridized carbons (Fsp3) is 0.667. The van der Waals surface area contributed by atoms with E-state index in [0.717, 1.165) is 37.5 Å². The van der Waals surface area contributed by atoms with Crippen molar-refractivity contribution >= 4 is 28.7 Å². The lowest BCUT2D eigenvalue weighted by molar-refractivity contribution is 0.0971. The molecule has 18 heavy (non-hydrogen) atoms. The standard InChI is InChI=1S/C12H17ClN2O2S/c1-8-14-11(12(13)18-8)10(17)3-2-5-15-6-4-9(16)7-15/h9,16H,2-7H2,1H3. The fourth-order valence-electron chi connectivity index (χ4n) is 2.17. The first-order valence-corrected chi connectivity index (χ1v) is 7.32. The molecule has 100 valence electrons. The van der Waals surface area contributed by atoms with E-state index in [2.05, 4.69) is 9.88 Å². The number of aliphatic hydroxyl groups is 1. The first kappa shape index (κ1) is 13.9. The molecule has 0 saturated carbocycles. The highest BCUT2D eigenvalue weighted by Crippen LogP contribution is 2.25. The average Bonchev–Trinajstić information content (AvgIpc) is 2.85. The number of rotatable bonds is 5. The van der Waals surface area contributed by atoms with E-state index >= 15 is 0 Å². The van der Waals surface area contributed by atoms with E-state index in [4.69, 9.17) is 11.6 Å². The number of nitrogens with zero attached hydrogens (tertiary/aromatic N) is 2. The van der Waals surface area contributed by atoms with Crippen molar-refractivity contribution < 1.29 is 9.90 Å². The Kier molecular flexibility index (Phi) is 4.72. The summed E-state index contributed by atoms with van der Waals surface area (Å²) in [5.41, 5.74) is 0.417. The quantitative estimate of drug-likeness (QED) is 0.844. The zero-order valence-corrected chi connectivity index (χ0v) is 11.9. The zero-order valence-electron chi connectivity index (χ0n) is 10.4. The third-order valence-corrected chi connectivity index (χ3v) is 4.25. The smallest absolute Gasteiger partial charge is 0.183 e. The van der Waals surface area contributed by atoms with Gasteiger partial charge >= 0.3 is 0 Å². The van der Waals surface area contributed by atoms with Gasteiger partial charge in [0.25, 0.3) is 0 Å². The molecule has 0 aliphatic carbocycles. The van der Waals surface area contributed by atoms with Crippen molar-refractivity contribution in [3.8, 4) is 0 Å². The molecule has 2 heterocycles. The molecule has 1 aliphatic heterocycles. The van der Waals surface area contributed by atoms with E-state index < -0.39 is 0 Å². The van der Waals surface area contributed by atoms with Gasteiger partial charge in [0.05, 0.1) is 11.1 Å². The number of carbonyl (C=O) groups excluding carboxylic acids is 1. The van der Waals surface area contributed by atoms with Crippen molar-refractivity contribution in [2.45, 2.75) is 32.3 Å². The summed E-state index contributed by atoms with van der Waals surface area (Å²) in [5, 5.41) is 10.2. The van der Waals surface area contributed by atoms with E-state index in [-0.39, 0.29) is 11.9 Å². The molecule has 1 N–H and O–H groups in total. The topological polar surface area (TPSA) is 53.4 Å². The minimum absolute atomic E-state index is 0.0177. The summed E-state index contributed by atoms with van der Waals surface area (Å²) in [4.78, 5) is 18.3. The minimum atomic E-state index is -0.198. The third-order valence-electron chi connectivity index (χ3n) is 3.08. The lowest BCUT2D eigenvalue weighted by Gasteiger charge is -2.13. The molecule has 0 bridgehead atoms. The van der Waals surface area contributed by atoms with Crippen LogP contribution in [0.4, 0.5) is 0 Å². The molecule has 1 aromatic rings. The van der Waals surface area contributed by atoms with E-state index in [9.17, 15) is 9.90 Å². The van der Waals surface area contributed by atoms with Crippen LogP contribution in [-0.2, 0) is 0 Å². The number of carbonyl (C=O) groups is 1. The normalized spacial score (nSPS) is 20.5. The molecule has 1 fully saturated rings. The minimum Gasteiger partial charge on any atom is -0.392 e. The maximum absolute atomic E-state index is 11.9. The van der Waals surface area contributed by atoms with Crippen LogP contribution in [0.3, 0.4) is 0 Å². The van der Waals surface area contributed by atoms with Crippen LogP contribution in [0.2, 0.25) is 4.34 Å². The molecule has 2 rings (SSSR count). The van der Waals surface area contributed by atoms with Crippen molar-refractivity contribution in [3.05, 3.63) is 15.0 Å². The number of aromatic nitrogens is 1. The van der Waals surface area contributed by atoms with Crippen LogP contribution in [0.25, 0.3) is 0 Å². The van der Waals surface area contributed by atoms with Crippen LogP contribution in [0, 0.1) is 6.92 Å². The SMILES string of the molecule is Cc1nc(C(=O)CCCN2CCC(O)C2)c(Cl)s1. The van der Waals surface area contributed by atoms with E-state index in [1.54, 1.807) is 0 Å². The van der Waals surface area contributed by atoms with Gasteiger partial charge in [-0.2, -0.15) is 0 Å². The fourth-order valence-corrected chi connectivity index (χ4v) is 3.31. The van der Waals surface area contributed by atoms with Gasteiger partial charge in [-0.1, -0.05) is 11.6 Å². The van der Waals surface area contributed by atoms with Gasteiger partial charge in [0, 0.05) is 19.5 Å². The van der Waals surface area contributed by atoms with Crippen LogP contribution in [0.15, 0.2) is 0 Å². The number of thiazole rings is 1. The molecule has 0 radical (unpaired) electrons. The number of aryl methyl sites for hydroxylation is 1. The van der Waals surface area contributed by atoms with Crippen molar-refractivity contribution in [3.63, 3.8) is 0 Å².